The lowest BCUT2D eigenvalue weighted by Crippen LogP contribution is -2.45. The number of nitrogens with one attached hydrogen (secondary N) is 2. The van der Waals surface area contributed by atoms with E-state index in [1.807, 2.05) is 0 Å². The van der Waals surface area contributed by atoms with Crippen molar-refractivity contribution in [2.24, 2.45) is 10.9 Å². The first-order valence-electron chi connectivity index (χ1n) is 9.75. The first kappa shape index (κ1) is 19.5. The predicted molar refractivity (Wildman–Crippen MR) is 101 cm³/mol. The maximum atomic E-state index is 5.40. The highest BCUT2D eigenvalue weighted by Crippen LogP contribution is 2.18. The third-order valence-corrected chi connectivity index (χ3v) is 4.73. The van der Waals surface area contributed by atoms with Gasteiger partial charge in [0.2, 0.25) is 0 Å². The molecule has 2 N–H and O–H groups in total. The van der Waals surface area contributed by atoms with Crippen LogP contribution in [0, 0.1) is 5.92 Å². The number of ether oxygens (including phenoxy) is 1. The highest BCUT2D eigenvalue weighted by molar-refractivity contribution is 5.79. The lowest BCUT2D eigenvalue weighted by molar-refractivity contribution is 0.0389. The first-order chi connectivity index (χ1) is 11.7. The fraction of sp³-hybridized carbons (Fsp3) is 0.944. The number of aliphatic imine (C=N–C) groups is 1. The number of likely N-dealkylation sites (tertiary alicyclic amines) is 1. The molecule has 24 heavy (non-hydrogen) atoms. The molecule has 2 heterocycles. The van der Waals surface area contributed by atoms with Crippen LogP contribution in [-0.2, 0) is 4.74 Å². The molecule has 140 valence electrons. The van der Waals surface area contributed by atoms with Crippen LogP contribution in [0.3, 0.4) is 0 Å². The van der Waals surface area contributed by atoms with Gasteiger partial charge in [-0.2, -0.15) is 0 Å². The van der Waals surface area contributed by atoms with E-state index < -0.39 is 0 Å². The summed E-state index contributed by atoms with van der Waals surface area (Å²) >= 11 is 0. The van der Waals surface area contributed by atoms with Crippen molar-refractivity contribution in [2.75, 3.05) is 65.6 Å². The minimum absolute atomic E-state index is 0.613. The Morgan fingerprint density at radius 3 is 2.71 bits per heavy atom. The van der Waals surface area contributed by atoms with Crippen molar-refractivity contribution in [3.63, 3.8) is 0 Å². The molecule has 0 aliphatic carbocycles. The van der Waals surface area contributed by atoms with Crippen molar-refractivity contribution in [1.82, 2.24) is 20.4 Å². The van der Waals surface area contributed by atoms with Gasteiger partial charge in [-0.05, 0) is 32.2 Å². The molecule has 0 aromatic carbocycles. The molecule has 2 fully saturated rings. The highest BCUT2D eigenvalue weighted by Gasteiger charge is 2.24. The maximum absolute atomic E-state index is 5.40. The summed E-state index contributed by atoms with van der Waals surface area (Å²) in [4.78, 5) is 9.91. The van der Waals surface area contributed by atoms with Gasteiger partial charge in [0.15, 0.2) is 5.96 Å². The minimum Gasteiger partial charge on any atom is -0.379 e. The Labute approximate surface area is 148 Å². The van der Waals surface area contributed by atoms with E-state index >= 15 is 0 Å². The monoisotopic (exact) mass is 339 g/mol. The lowest BCUT2D eigenvalue weighted by atomic mass is 10.2. The van der Waals surface area contributed by atoms with Crippen LogP contribution < -0.4 is 10.6 Å². The molecule has 2 aliphatic heterocycles. The highest BCUT2D eigenvalue weighted by atomic mass is 16.5. The first-order valence-corrected chi connectivity index (χ1v) is 9.75. The largest absolute Gasteiger partial charge is 0.379 e. The molecular weight excluding hydrogens is 302 g/mol. The molecule has 0 amide bonds. The number of hydrogen-bond acceptors (Lipinski definition) is 4. The molecule has 2 rings (SSSR count). The van der Waals surface area contributed by atoms with Crippen molar-refractivity contribution < 1.29 is 4.74 Å². The van der Waals surface area contributed by atoms with Crippen LogP contribution in [0.15, 0.2) is 4.99 Å². The fourth-order valence-electron chi connectivity index (χ4n) is 3.51. The summed E-state index contributed by atoms with van der Waals surface area (Å²) in [6.07, 6.45) is 2.59. The van der Waals surface area contributed by atoms with Gasteiger partial charge in [-0.1, -0.05) is 13.8 Å². The van der Waals surface area contributed by atoms with Crippen LogP contribution in [0.5, 0.6) is 0 Å². The van der Waals surface area contributed by atoms with E-state index in [2.05, 4.69) is 41.2 Å². The standard InChI is InChI=1S/C18H37N5O/c1-4-19-18(20-7-9-22-10-12-24-13-11-22)21-14-17-6-5-8-23(17)15-16(2)3/h16-17H,4-15H2,1-3H3,(H2,19,20,21)/t17-/m1/s1. The molecule has 6 nitrogen and oxygen atoms in total. The molecule has 0 radical (unpaired) electrons. The lowest BCUT2D eigenvalue weighted by Gasteiger charge is -2.27. The maximum Gasteiger partial charge on any atom is 0.191 e. The SMILES string of the molecule is CCNC(=NC[C@H]1CCCN1CC(C)C)NCCN1CCOCC1. The molecule has 0 spiro atoms. The summed E-state index contributed by atoms with van der Waals surface area (Å²) in [5.74, 6) is 1.69. The van der Waals surface area contributed by atoms with Crippen LogP contribution in [0.25, 0.3) is 0 Å². The van der Waals surface area contributed by atoms with Gasteiger partial charge in [0.25, 0.3) is 0 Å². The molecule has 0 bridgehead atoms. The molecule has 0 unspecified atom stereocenters. The Balaban J connectivity index is 1.74. The van der Waals surface area contributed by atoms with Gasteiger partial charge in [-0.25, -0.2) is 0 Å². The second kappa shape index (κ2) is 10.9. The average molecular weight is 340 g/mol. The topological polar surface area (TPSA) is 52.1 Å². The van der Waals surface area contributed by atoms with Crippen LogP contribution in [0.4, 0.5) is 0 Å². The summed E-state index contributed by atoms with van der Waals surface area (Å²) in [5.41, 5.74) is 0. The van der Waals surface area contributed by atoms with E-state index in [1.54, 1.807) is 0 Å². The summed E-state index contributed by atoms with van der Waals surface area (Å²) in [5, 5.41) is 6.86. The molecule has 2 aliphatic rings. The summed E-state index contributed by atoms with van der Waals surface area (Å²) in [6, 6.07) is 0.613. The van der Waals surface area contributed by atoms with E-state index in [1.165, 1.54) is 25.9 Å². The molecule has 0 aromatic heterocycles. The summed E-state index contributed by atoms with van der Waals surface area (Å²) in [6.45, 7) is 16.8. The zero-order valence-corrected chi connectivity index (χ0v) is 15.9. The Hall–Kier alpha value is -0.850. The van der Waals surface area contributed by atoms with Gasteiger partial charge in [-0.15, -0.1) is 0 Å². The molecular formula is C18H37N5O. The Morgan fingerprint density at radius 2 is 2.00 bits per heavy atom. The van der Waals surface area contributed by atoms with Gasteiger partial charge in [0.05, 0.1) is 19.8 Å². The Kier molecular flexibility index (Phi) is 8.84. The number of hydrogen-bond donors (Lipinski definition) is 2. The van der Waals surface area contributed by atoms with Crippen molar-refractivity contribution in [3.8, 4) is 0 Å². The van der Waals surface area contributed by atoms with Crippen LogP contribution in [0.2, 0.25) is 0 Å². The van der Waals surface area contributed by atoms with Crippen molar-refractivity contribution in [1.29, 1.82) is 0 Å². The van der Waals surface area contributed by atoms with Crippen molar-refractivity contribution in [3.05, 3.63) is 0 Å². The average Bonchev–Trinajstić information content (AvgIpc) is 3.00. The van der Waals surface area contributed by atoms with Gasteiger partial charge >= 0.3 is 0 Å². The van der Waals surface area contributed by atoms with Gasteiger partial charge < -0.3 is 15.4 Å². The van der Waals surface area contributed by atoms with E-state index in [4.69, 9.17) is 9.73 Å². The smallest absolute Gasteiger partial charge is 0.191 e. The number of nitrogens with zero attached hydrogens (tertiary/aromatic N) is 3. The van der Waals surface area contributed by atoms with E-state index in [0.29, 0.717) is 6.04 Å². The molecule has 6 heteroatoms. The van der Waals surface area contributed by atoms with Gasteiger partial charge in [0.1, 0.15) is 0 Å². The Morgan fingerprint density at radius 1 is 1.21 bits per heavy atom. The predicted octanol–water partition coefficient (Wildman–Crippen LogP) is 0.994. The van der Waals surface area contributed by atoms with Gasteiger partial charge in [0, 0.05) is 45.3 Å². The van der Waals surface area contributed by atoms with E-state index in [9.17, 15) is 0 Å². The van der Waals surface area contributed by atoms with Gasteiger partial charge in [-0.3, -0.25) is 14.8 Å². The quantitative estimate of drug-likeness (QED) is 0.510. The zero-order chi connectivity index (χ0) is 17.2. The van der Waals surface area contributed by atoms with Crippen molar-refractivity contribution in [2.45, 2.75) is 39.7 Å². The second-order valence-electron chi connectivity index (χ2n) is 7.29. The molecule has 1 atom stereocenters. The van der Waals surface area contributed by atoms with Crippen molar-refractivity contribution >= 4 is 5.96 Å². The third-order valence-electron chi connectivity index (χ3n) is 4.73. The summed E-state index contributed by atoms with van der Waals surface area (Å²) in [7, 11) is 0. The molecule has 2 saturated heterocycles. The number of guanidine groups is 1. The fourth-order valence-corrected chi connectivity index (χ4v) is 3.51. The normalized spacial score (nSPS) is 23.8. The van der Waals surface area contributed by atoms with Crippen LogP contribution >= 0.6 is 0 Å². The number of rotatable bonds is 8. The third kappa shape index (κ3) is 6.95. The van der Waals surface area contributed by atoms with E-state index in [0.717, 1.165) is 64.4 Å². The molecule has 0 saturated carbocycles. The Bertz CT molecular complexity index is 368. The summed E-state index contributed by atoms with van der Waals surface area (Å²) < 4.78 is 5.40. The van der Waals surface area contributed by atoms with E-state index in [-0.39, 0.29) is 0 Å². The van der Waals surface area contributed by atoms with Crippen LogP contribution in [-0.4, -0.2) is 87.4 Å². The zero-order valence-electron chi connectivity index (χ0n) is 15.9. The number of morpholine rings is 1. The minimum atomic E-state index is 0.613. The molecule has 0 aromatic rings. The van der Waals surface area contributed by atoms with Crippen LogP contribution in [0.1, 0.15) is 33.6 Å². The second-order valence-corrected chi connectivity index (χ2v) is 7.29.